The van der Waals surface area contributed by atoms with Crippen LogP contribution in [0.15, 0.2) is 23.1 Å². The molecule has 1 N–H and O–H groups in total. The number of fused-ring (bicyclic) bond motifs is 1. The number of hydrogen-bond donors (Lipinski definition) is 1. The fourth-order valence-corrected chi connectivity index (χ4v) is 3.09. The van der Waals surface area contributed by atoms with E-state index in [0.29, 0.717) is 5.02 Å². The zero-order valence-corrected chi connectivity index (χ0v) is 10.1. The van der Waals surface area contributed by atoms with Crippen LogP contribution in [0, 0.1) is 0 Å². The summed E-state index contributed by atoms with van der Waals surface area (Å²) >= 11 is 7.67. The minimum Gasteiger partial charge on any atom is -0.304 e. The molecule has 88 valence electrons. The molecule has 16 heavy (non-hydrogen) atoms. The van der Waals surface area contributed by atoms with E-state index in [9.17, 15) is 8.78 Å². The predicted molar refractivity (Wildman–Crippen MR) is 63.5 cm³/mol. The first-order chi connectivity index (χ1) is 7.66. The molecule has 1 aromatic carbocycles. The van der Waals surface area contributed by atoms with E-state index in [1.165, 1.54) is 0 Å². The minimum atomic E-state index is -2.31. The van der Waals surface area contributed by atoms with Crippen molar-refractivity contribution in [2.24, 2.45) is 0 Å². The highest BCUT2D eigenvalue weighted by Crippen LogP contribution is 2.37. The Morgan fingerprint density at radius 3 is 3.06 bits per heavy atom. The van der Waals surface area contributed by atoms with Gasteiger partial charge >= 0.3 is 0 Å². The van der Waals surface area contributed by atoms with Crippen molar-refractivity contribution in [2.75, 3.05) is 12.3 Å². The van der Waals surface area contributed by atoms with Crippen LogP contribution in [-0.2, 0) is 0 Å². The summed E-state index contributed by atoms with van der Waals surface area (Å²) < 4.78 is 24.3. The molecule has 0 amide bonds. The van der Waals surface area contributed by atoms with Gasteiger partial charge in [-0.1, -0.05) is 11.6 Å². The van der Waals surface area contributed by atoms with Gasteiger partial charge in [-0.25, -0.2) is 8.78 Å². The standard InChI is InChI=1S/C11H12ClF2NS/c12-7-1-2-10-8(5-7)9(3-4-16-10)15-6-11(13)14/h1-2,5,9,11,15H,3-4,6H2. The van der Waals surface area contributed by atoms with Crippen molar-refractivity contribution in [1.82, 2.24) is 5.32 Å². The molecule has 0 saturated heterocycles. The van der Waals surface area contributed by atoms with Crippen LogP contribution in [0.4, 0.5) is 8.78 Å². The van der Waals surface area contributed by atoms with Crippen molar-refractivity contribution < 1.29 is 8.78 Å². The van der Waals surface area contributed by atoms with Crippen LogP contribution in [0.5, 0.6) is 0 Å². The van der Waals surface area contributed by atoms with Gasteiger partial charge in [-0.2, -0.15) is 0 Å². The van der Waals surface area contributed by atoms with E-state index < -0.39 is 6.43 Å². The SMILES string of the molecule is FC(F)CNC1CCSc2ccc(Cl)cc21. The fourth-order valence-electron chi connectivity index (χ4n) is 1.81. The Hall–Kier alpha value is -0.320. The normalized spacial score (nSPS) is 19.9. The molecule has 0 aliphatic carbocycles. The van der Waals surface area contributed by atoms with Gasteiger partial charge in [-0.15, -0.1) is 11.8 Å². The van der Waals surface area contributed by atoms with Crippen molar-refractivity contribution >= 4 is 23.4 Å². The zero-order valence-electron chi connectivity index (χ0n) is 8.55. The van der Waals surface area contributed by atoms with Crippen LogP contribution >= 0.6 is 23.4 Å². The molecular weight excluding hydrogens is 252 g/mol. The zero-order chi connectivity index (χ0) is 11.5. The van der Waals surface area contributed by atoms with E-state index >= 15 is 0 Å². The van der Waals surface area contributed by atoms with Gasteiger partial charge < -0.3 is 5.32 Å². The topological polar surface area (TPSA) is 12.0 Å². The van der Waals surface area contributed by atoms with Crippen molar-refractivity contribution in [3.63, 3.8) is 0 Å². The summed E-state index contributed by atoms with van der Waals surface area (Å²) in [5.41, 5.74) is 1.05. The summed E-state index contributed by atoms with van der Waals surface area (Å²) in [5.74, 6) is 0.954. The number of benzene rings is 1. The van der Waals surface area contributed by atoms with E-state index in [1.54, 1.807) is 11.8 Å². The minimum absolute atomic E-state index is 0.00366. The largest absolute Gasteiger partial charge is 0.304 e. The Balaban J connectivity index is 2.15. The Bertz CT molecular complexity index is 373. The predicted octanol–water partition coefficient (Wildman–Crippen LogP) is 3.73. The number of thioether (sulfide) groups is 1. The molecule has 1 nitrogen and oxygen atoms in total. The van der Waals surface area contributed by atoms with Crippen molar-refractivity contribution in [2.45, 2.75) is 23.8 Å². The molecule has 1 atom stereocenters. The quantitative estimate of drug-likeness (QED) is 0.892. The third-order valence-corrected chi connectivity index (χ3v) is 3.89. The third-order valence-electron chi connectivity index (χ3n) is 2.53. The number of hydrogen-bond acceptors (Lipinski definition) is 2. The lowest BCUT2D eigenvalue weighted by Gasteiger charge is -2.26. The lowest BCUT2D eigenvalue weighted by Crippen LogP contribution is -2.28. The summed E-state index contributed by atoms with van der Waals surface area (Å²) in [6.45, 7) is -0.263. The Morgan fingerprint density at radius 2 is 2.31 bits per heavy atom. The van der Waals surface area contributed by atoms with Crippen molar-refractivity contribution in [3.05, 3.63) is 28.8 Å². The second-order valence-corrected chi connectivity index (χ2v) is 5.24. The van der Waals surface area contributed by atoms with E-state index in [-0.39, 0.29) is 12.6 Å². The molecule has 5 heteroatoms. The van der Waals surface area contributed by atoms with Crippen LogP contribution in [0.1, 0.15) is 18.0 Å². The van der Waals surface area contributed by atoms with Crippen LogP contribution in [0.3, 0.4) is 0 Å². The summed E-state index contributed by atoms with van der Waals surface area (Å²) in [5, 5.41) is 3.54. The summed E-state index contributed by atoms with van der Waals surface area (Å²) in [6, 6.07) is 5.66. The molecule has 1 aliphatic heterocycles. The molecular formula is C11H12ClF2NS. The van der Waals surface area contributed by atoms with E-state index in [0.717, 1.165) is 22.6 Å². The molecule has 0 spiro atoms. The first-order valence-corrected chi connectivity index (χ1v) is 6.47. The maximum absolute atomic E-state index is 12.2. The average Bonchev–Trinajstić information content (AvgIpc) is 2.26. The highest BCUT2D eigenvalue weighted by atomic mass is 35.5. The first kappa shape index (κ1) is 12.1. The summed E-state index contributed by atoms with van der Waals surface area (Å²) in [4.78, 5) is 1.14. The number of nitrogens with one attached hydrogen (secondary N) is 1. The van der Waals surface area contributed by atoms with Gasteiger partial charge in [-0.05, 0) is 35.9 Å². The van der Waals surface area contributed by atoms with Gasteiger partial charge in [0.1, 0.15) is 0 Å². The maximum atomic E-state index is 12.2. The third kappa shape index (κ3) is 2.87. The average molecular weight is 264 g/mol. The molecule has 0 bridgehead atoms. The van der Waals surface area contributed by atoms with E-state index in [4.69, 9.17) is 11.6 Å². The van der Waals surface area contributed by atoms with Crippen molar-refractivity contribution in [3.8, 4) is 0 Å². The molecule has 0 saturated carbocycles. The smallest absolute Gasteiger partial charge is 0.250 e. The Labute approximate surface area is 103 Å². The highest BCUT2D eigenvalue weighted by molar-refractivity contribution is 7.99. The molecule has 1 heterocycles. The number of halogens is 3. The summed E-state index contributed by atoms with van der Waals surface area (Å²) in [7, 11) is 0. The van der Waals surface area contributed by atoms with Crippen LogP contribution in [0.25, 0.3) is 0 Å². The molecule has 1 aromatic rings. The second-order valence-electron chi connectivity index (χ2n) is 3.67. The Kier molecular flexibility index (Phi) is 4.05. The highest BCUT2D eigenvalue weighted by Gasteiger charge is 2.21. The van der Waals surface area contributed by atoms with Gasteiger partial charge in [0, 0.05) is 16.0 Å². The van der Waals surface area contributed by atoms with Gasteiger partial charge in [0.2, 0.25) is 0 Å². The summed E-state index contributed by atoms with van der Waals surface area (Å²) in [6.07, 6.45) is -1.44. The van der Waals surface area contributed by atoms with Gasteiger partial charge in [0.15, 0.2) is 0 Å². The monoisotopic (exact) mass is 263 g/mol. The molecule has 0 radical (unpaired) electrons. The van der Waals surface area contributed by atoms with Gasteiger partial charge in [0.05, 0.1) is 6.54 Å². The van der Waals surface area contributed by atoms with Crippen molar-refractivity contribution in [1.29, 1.82) is 0 Å². The van der Waals surface area contributed by atoms with Crippen LogP contribution < -0.4 is 5.32 Å². The number of rotatable bonds is 3. The van der Waals surface area contributed by atoms with E-state index in [1.807, 2.05) is 18.2 Å². The van der Waals surface area contributed by atoms with Crippen LogP contribution in [0.2, 0.25) is 5.02 Å². The lowest BCUT2D eigenvalue weighted by atomic mass is 10.0. The Morgan fingerprint density at radius 1 is 1.50 bits per heavy atom. The van der Waals surface area contributed by atoms with Crippen LogP contribution in [-0.4, -0.2) is 18.7 Å². The molecule has 1 aliphatic rings. The molecule has 1 unspecified atom stereocenters. The number of alkyl halides is 2. The second kappa shape index (κ2) is 5.34. The lowest BCUT2D eigenvalue weighted by molar-refractivity contribution is 0.140. The van der Waals surface area contributed by atoms with Gasteiger partial charge in [-0.3, -0.25) is 0 Å². The van der Waals surface area contributed by atoms with E-state index in [2.05, 4.69) is 5.32 Å². The van der Waals surface area contributed by atoms with Gasteiger partial charge in [0.25, 0.3) is 6.43 Å². The molecule has 0 aromatic heterocycles. The molecule has 0 fully saturated rings. The maximum Gasteiger partial charge on any atom is 0.250 e. The fraction of sp³-hybridized carbons (Fsp3) is 0.455. The first-order valence-electron chi connectivity index (χ1n) is 5.10. The molecule has 2 rings (SSSR count).